The molecule has 1 unspecified atom stereocenters. The number of hydrogen-bond acceptors (Lipinski definition) is 5. The summed E-state index contributed by atoms with van der Waals surface area (Å²) in [7, 11) is 0. The van der Waals surface area contributed by atoms with Gasteiger partial charge in [0.05, 0.1) is 6.10 Å². The van der Waals surface area contributed by atoms with Gasteiger partial charge in [-0.15, -0.1) is 0 Å². The van der Waals surface area contributed by atoms with Gasteiger partial charge < -0.3 is 15.5 Å². The van der Waals surface area contributed by atoms with E-state index in [9.17, 15) is 10.2 Å². The quantitative estimate of drug-likeness (QED) is 0.763. The van der Waals surface area contributed by atoms with Gasteiger partial charge in [0.15, 0.2) is 5.82 Å². The van der Waals surface area contributed by atoms with E-state index in [1.165, 1.54) is 0 Å². The van der Waals surface area contributed by atoms with Crippen molar-refractivity contribution in [1.82, 2.24) is 9.97 Å². The third-order valence-corrected chi connectivity index (χ3v) is 2.38. The number of nitrogens with one attached hydrogen (secondary N) is 1. The molecule has 2 rings (SSSR count). The fraction of sp³-hybridized carbons (Fsp3) is 0.231. The van der Waals surface area contributed by atoms with Crippen molar-refractivity contribution in [2.75, 3.05) is 11.9 Å². The second kappa shape index (κ2) is 5.46. The summed E-state index contributed by atoms with van der Waals surface area (Å²) in [4.78, 5) is 8.44. The number of phenolic OH excluding ortho intramolecular Hbond substituents is 1. The SMILES string of the molecule is CC(O)CNc1nccnc1-c1cccc(O)c1. The number of aromatic nitrogens is 2. The van der Waals surface area contributed by atoms with Crippen LogP contribution in [-0.4, -0.2) is 32.8 Å². The molecule has 0 saturated heterocycles. The molecule has 0 aliphatic carbocycles. The van der Waals surface area contributed by atoms with Crippen molar-refractivity contribution in [2.45, 2.75) is 13.0 Å². The van der Waals surface area contributed by atoms with Gasteiger partial charge in [0.25, 0.3) is 0 Å². The van der Waals surface area contributed by atoms with E-state index in [0.29, 0.717) is 18.1 Å². The van der Waals surface area contributed by atoms with Crippen LogP contribution in [0.2, 0.25) is 0 Å². The summed E-state index contributed by atoms with van der Waals surface area (Å²) < 4.78 is 0. The maximum absolute atomic E-state index is 9.47. The number of aliphatic hydroxyl groups is 1. The highest BCUT2D eigenvalue weighted by atomic mass is 16.3. The molecule has 1 aromatic carbocycles. The average molecular weight is 245 g/mol. The summed E-state index contributed by atoms with van der Waals surface area (Å²) in [5, 5.41) is 21.8. The minimum absolute atomic E-state index is 0.180. The van der Waals surface area contributed by atoms with Crippen LogP contribution in [0.5, 0.6) is 5.75 Å². The first-order valence-corrected chi connectivity index (χ1v) is 5.69. The summed E-state index contributed by atoms with van der Waals surface area (Å²) in [6, 6.07) is 6.81. The number of phenols is 1. The van der Waals surface area contributed by atoms with Crippen LogP contribution in [0, 0.1) is 0 Å². The van der Waals surface area contributed by atoms with E-state index in [2.05, 4.69) is 15.3 Å². The highest BCUT2D eigenvalue weighted by Crippen LogP contribution is 2.26. The molecule has 0 radical (unpaired) electrons. The van der Waals surface area contributed by atoms with Gasteiger partial charge in [0.2, 0.25) is 0 Å². The Morgan fingerprint density at radius 3 is 2.78 bits per heavy atom. The summed E-state index contributed by atoms with van der Waals surface area (Å²) in [6.07, 6.45) is 2.70. The lowest BCUT2D eigenvalue weighted by molar-refractivity contribution is 0.208. The topological polar surface area (TPSA) is 78.3 Å². The molecule has 5 nitrogen and oxygen atoms in total. The number of nitrogens with zero attached hydrogens (tertiary/aromatic N) is 2. The Morgan fingerprint density at radius 2 is 2.06 bits per heavy atom. The zero-order chi connectivity index (χ0) is 13.0. The molecule has 1 heterocycles. The van der Waals surface area contributed by atoms with E-state index < -0.39 is 6.10 Å². The second-order valence-corrected chi connectivity index (χ2v) is 4.03. The van der Waals surface area contributed by atoms with Gasteiger partial charge in [0, 0.05) is 24.5 Å². The Bertz CT molecular complexity index is 529. The Morgan fingerprint density at radius 1 is 1.28 bits per heavy atom. The van der Waals surface area contributed by atoms with Crippen molar-refractivity contribution in [3.63, 3.8) is 0 Å². The molecule has 0 fully saturated rings. The number of aliphatic hydroxyl groups excluding tert-OH is 1. The molecule has 5 heteroatoms. The van der Waals surface area contributed by atoms with Crippen LogP contribution in [0.1, 0.15) is 6.92 Å². The predicted octanol–water partition coefficient (Wildman–Crippen LogP) is 1.64. The first-order valence-electron chi connectivity index (χ1n) is 5.69. The first-order chi connectivity index (χ1) is 8.66. The molecule has 2 aromatic rings. The number of aromatic hydroxyl groups is 1. The number of hydrogen-bond donors (Lipinski definition) is 3. The van der Waals surface area contributed by atoms with Crippen molar-refractivity contribution < 1.29 is 10.2 Å². The van der Waals surface area contributed by atoms with Gasteiger partial charge in [-0.1, -0.05) is 12.1 Å². The first kappa shape index (κ1) is 12.3. The van der Waals surface area contributed by atoms with Crippen molar-refractivity contribution in [1.29, 1.82) is 0 Å². The van der Waals surface area contributed by atoms with Gasteiger partial charge in [-0.2, -0.15) is 0 Å². The van der Waals surface area contributed by atoms with Gasteiger partial charge in [-0.05, 0) is 19.1 Å². The molecular formula is C13H15N3O2. The van der Waals surface area contributed by atoms with Gasteiger partial charge in [0.1, 0.15) is 11.4 Å². The van der Waals surface area contributed by atoms with E-state index in [1.807, 2.05) is 6.07 Å². The maximum atomic E-state index is 9.47. The molecule has 0 saturated carbocycles. The van der Waals surface area contributed by atoms with Crippen LogP contribution in [-0.2, 0) is 0 Å². The van der Waals surface area contributed by atoms with Crippen molar-refractivity contribution in [2.24, 2.45) is 0 Å². The van der Waals surface area contributed by atoms with Gasteiger partial charge >= 0.3 is 0 Å². The molecule has 1 atom stereocenters. The molecule has 0 aliphatic heterocycles. The van der Waals surface area contributed by atoms with Crippen LogP contribution < -0.4 is 5.32 Å². The lowest BCUT2D eigenvalue weighted by Gasteiger charge is -2.11. The molecule has 0 bridgehead atoms. The van der Waals surface area contributed by atoms with Crippen LogP contribution >= 0.6 is 0 Å². The summed E-state index contributed by atoms with van der Waals surface area (Å²) >= 11 is 0. The summed E-state index contributed by atoms with van der Waals surface area (Å²) in [5.74, 6) is 0.767. The minimum Gasteiger partial charge on any atom is -0.508 e. The van der Waals surface area contributed by atoms with Crippen LogP contribution in [0.15, 0.2) is 36.7 Å². The highest BCUT2D eigenvalue weighted by molar-refractivity contribution is 5.71. The molecule has 0 amide bonds. The zero-order valence-corrected chi connectivity index (χ0v) is 10.0. The normalized spacial score (nSPS) is 12.1. The van der Waals surface area contributed by atoms with Crippen LogP contribution in [0.25, 0.3) is 11.3 Å². The van der Waals surface area contributed by atoms with E-state index in [4.69, 9.17) is 0 Å². The number of benzene rings is 1. The predicted molar refractivity (Wildman–Crippen MR) is 69.3 cm³/mol. The third kappa shape index (κ3) is 2.95. The summed E-state index contributed by atoms with van der Waals surface area (Å²) in [6.45, 7) is 2.09. The Balaban J connectivity index is 2.32. The van der Waals surface area contributed by atoms with Crippen LogP contribution in [0.4, 0.5) is 5.82 Å². The fourth-order valence-electron chi connectivity index (χ4n) is 1.58. The van der Waals surface area contributed by atoms with Crippen molar-refractivity contribution >= 4 is 5.82 Å². The van der Waals surface area contributed by atoms with Gasteiger partial charge in [-0.25, -0.2) is 4.98 Å². The molecule has 3 N–H and O–H groups in total. The summed E-state index contributed by atoms with van der Waals surface area (Å²) in [5.41, 5.74) is 1.42. The fourth-order valence-corrected chi connectivity index (χ4v) is 1.58. The average Bonchev–Trinajstić information content (AvgIpc) is 2.36. The Labute approximate surface area is 105 Å². The highest BCUT2D eigenvalue weighted by Gasteiger charge is 2.08. The number of anilines is 1. The van der Waals surface area contributed by atoms with Crippen molar-refractivity contribution in [3.05, 3.63) is 36.7 Å². The standard InChI is InChI=1S/C13H15N3O2/c1-9(17)8-16-13-12(14-5-6-15-13)10-3-2-4-11(18)7-10/h2-7,9,17-18H,8H2,1H3,(H,15,16). The Kier molecular flexibility index (Phi) is 3.74. The van der Waals surface area contributed by atoms with E-state index in [-0.39, 0.29) is 5.75 Å². The lowest BCUT2D eigenvalue weighted by atomic mass is 10.1. The third-order valence-electron chi connectivity index (χ3n) is 2.38. The second-order valence-electron chi connectivity index (χ2n) is 4.03. The monoisotopic (exact) mass is 245 g/mol. The molecular weight excluding hydrogens is 230 g/mol. The number of rotatable bonds is 4. The minimum atomic E-state index is -0.468. The molecule has 0 aliphatic rings. The molecule has 0 spiro atoms. The molecule has 1 aromatic heterocycles. The molecule has 18 heavy (non-hydrogen) atoms. The lowest BCUT2D eigenvalue weighted by Crippen LogP contribution is -2.16. The van der Waals surface area contributed by atoms with E-state index in [1.54, 1.807) is 37.5 Å². The molecule has 94 valence electrons. The Hall–Kier alpha value is -2.14. The van der Waals surface area contributed by atoms with E-state index in [0.717, 1.165) is 5.56 Å². The smallest absolute Gasteiger partial charge is 0.152 e. The van der Waals surface area contributed by atoms with Gasteiger partial charge in [-0.3, -0.25) is 4.98 Å². The largest absolute Gasteiger partial charge is 0.508 e. The van der Waals surface area contributed by atoms with Crippen LogP contribution in [0.3, 0.4) is 0 Å². The van der Waals surface area contributed by atoms with Crippen molar-refractivity contribution in [3.8, 4) is 17.0 Å². The maximum Gasteiger partial charge on any atom is 0.152 e. The van der Waals surface area contributed by atoms with E-state index >= 15 is 0 Å². The zero-order valence-electron chi connectivity index (χ0n) is 10.0.